The molecule has 0 aliphatic carbocycles. The van der Waals surface area contributed by atoms with E-state index in [1.807, 2.05) is 0 Å². The number of rotatable bonds is 4. The van der Waals surface area contributed by atoms with Crippen molar-refractivity contribution in [3.63, 3.8) is 0 Å². The number of amides is 2. The van der Waals surface area contributed by atoms with Gasteiger partial charge in [0.1, 0.15) is 11.4 Å². The minimum absolute atomic E-state index is 0.0511. The first-order chi connectivity index (χ1) is 14.9. The topological polar surface area (TPSA) is 80.6 Å². The van der Waals surface area contributed by atoms with E-state index in [0.717, 1.165) is 24.8 Å². The summed E-state index contributed by atoms with van der Waals surface area (Å²) in [5.41, 5.74) is 1.50. The Bertz CT molecular complexity index is 1040. The van der Waals surface area contributed by atoms with Gasteiger partial charge in [-0.15, -0.1) is 0 Å². The van der Waals surface area contributed by atoms with E-state index in [1.54, 1.807) is 11.1 Å². The molecule has 0 saturated carbocycles. The summed E-state index contributed by atoms with van der Waals surface area (Å²) in [6, 6.07) is 5.52. The Balaban J connectivity index is 1.71. The Morgan fingerprint density at radius 3 is 2.68 bits per heavy atom. The number of hydrogen-bond donors (Lipinski definition) is 1. The van der Waals surface area contributed by atoms with Gasteiger partial charge in [-0.05, 0) is 61.1 Å². The number of carbonyl (C=O) groups is 2. The van der Waals surface area contributed by atoms with Crippen molar-refractivity contribution in [2.24, 2.45) is 0 Å². The summed E-state index contributed by atoms with van der Waals surface area (Å²) in [5, 5.41) is 2.86. The van der Waals surface area contributed by atoms with E-state index in [9.17, 15) is 18.8 Å². The number of fused-ring (bicyclic) bond motifs is 1. The highest BCUT2D eigenvalue weighted by Crippen LogP contribution is 2.22. The average molecular weight is 427 g/mol. The van der Waals surface area contributed by atoms with E-state index in [-0.39, 0.29) is 17.6 Å². The van der Waals surface area contributed by atoms with Gasteiger partial charge in [0.05, 0.1) is 6.10 Å². The molecule has 1 N–H and O–H groups in total. The molecule has 2 aromatic rings. The Kier molecular flexibility index (Phi) is 6.18. The number of aromatic nitrogens is 1. The van der Waals surface area contributed by atoms with Crippen molar-refractivity contribution in [3.8, 4) is 5.69 Å². The number of carbonyl (C=O) groups excluding carboxylic acids is 2. The van der Waals surface area contributed by atoms with Gasteiger partial charge in [-0.2, -0.15) is 0 Å². The molecule has 2 aliphatic rings. The van der Waals surface area contributed by atoms with Gasteiger partial charge in [0.25, 0.3) is 11.5 Å². The van der Waals surface area contributed by atoms with Crippen LogP contribution in [0, 0.1) is 5.82 Å². The molecule has 164 valence electrons. The van der Waals surface area contributed by atoms with Crippen LogP contribution in [0.3, 0.4) is 0 Å². The summed E-state index contributed by atoms with van der Waals surface area (Å²) in [6.07, 6.45) is 4.98. The molecule has 0 radical (unpaired) electrons. The second kappa shape index (κ2) is 9.01. The van der Waals surface area contributed by atoms with Gasteiger partial charge in [-0.3, -0.25) is 19.0 Å². The fraction of sp³-hybridized carbons (Fsp3) is 0.435. The third kappa shape index (κ3) is 4.54. The predicted octanol–water partition coefficient (Wildman–Crippen LogP) is 2.18. The number of hydrogen-bond acceptors (Lipinski definition) is 4. The molecule has 4 rings (SSSR count). The summed E-state index contributed by atoms with van der Waals surface area (Å²) >= 11 is 0. The fourth-order valence-electron chi connectivity index (χ4n) is 4.22. The van der Waals surface area contributed by atoms with Crippen LogP contribution in [0.1, 0.15) is 47.7 Å². The molecule has 0 spiro atoms. The lowest BCUT2D eigenvalue weighted by Crippen LogP contribution is -2.42. The lowest BCUT2D eigenvalue weighted by Gasteiger charge is -2.30. The Morgan fingerprint density at radius 1 is 1.23 bits per heavy atom. The number of nitrogens with one attached hydrogen (secondary N) is 1. The van der Waals surface area contributed by atoms with E-state index in [4.69, 9.17) is 4.74 Å². The molecule has 1 aromatic heterocycles. The summed E-state index contributed by atoms with van der Waals surface area (Å²) < 4.78 is 20.4. The molecule has 31 heavy (non-hydrogen) atoms. The lowest BCUT2D eigenvalue weighted by molar-refractivity contribution is -0.129. The second-order valence-electron chi connectivity index (χ2n) is 8.05. The molecule has 7 nitrogen and oxygen atoms in total. The molecule has 1 atom stereocenters. The number of nitrogens with zero attached hydrogens (tertiary/aromatic N) is 2. The quantitative estimate of drug-likeness (QED) is 0.811. The Labute approximate surface area is 179 Å². The van der Waals surface area contributed by atoms with Crippen molar-refractivity contribution in [1.29, 1.82) is 0 Å². The van der Waals surface area contributed by atoms with Crippen LogP contribution in [0.15, 0.2) is 35.3 Å². The summed E-state index contributed by atoms with van der Waals surface area (Å²) in [4.78, 5) is 40.0. The first-order valence-electron chi connectivity index (χ1n) is 10.6. The molecule has 8 heteroatoms. The van der Waals surface area contributed by atoms with Gasteiger partial charge in [0, 0.05) is 45.0 Å². The van der Waals surface area contributed by atoms with Crippen molar-refractivity contribution in [3.05, 3.63) is 63.3 Å². The number of pyridine rings is 1. The third-order valence-electron chi connectivity index (χ3n) is 5.94. The maximum atomic E-state index is 13.4. The number of halogens is 1. The van der Waals surface area contributed by atoms with Crippen molar-refractivity contribution < 1.29 is 18.7 Å². The van der Waals surface area contributed by atoms with Crippen molar-refractivity contribution in [2.45, 2.75) is 45.3 Å². The van der Waals surface area contributed by atoms with Crippen molar-refractivity contribution in [2.75, 3.05) is 19.7 Å². The Morgan fingerprint density at radius 2 is 2.00 bits per heavy atom. The SMILES string of the molecule is CC(=O)N1CCc2c(cn(-c3ccc(F)cc3)c(=O)c2C(=O)NCC2CCCCO2)C1. The molecule has 1 fully saturated rings. The summed E-state index contributed by atoms with van der Waals surface area (Å²) in [6.45, 7) is 3.29. The van der Waals surface area contributed by atoms with Gasteiger partial charge >= 0.3 is 0 Å². The molecule has 1 saturated heterocycles. The fourth-order valence-corrected chi connectivity index (χ4v) is 4.22. The molecular weight excluding hydrogens is 401 g/mol. The lowest BCUT2D eigenvalue weighted by atomic mass is 9.95. The van der Waals surface area contributed by atoms with Crippen LogP contribution in [0.2, 0.25) is 0 Å². The predicted molar refractivity (Wildman–Crippen MR) is 113 cm³/mol. The minimum Gasteiger partial charge on any atom is -0.376 e. The molecule has 3 heterocycles. The smallest absolute Gasteiger partial charge is 0.268 e. The van der Waals surface area contributed by atoms with Crippen LogP contribution < -0.4 is 10.9 Å². The minimum atomic E-state index is -0.455. The van der Waals surface area contributed by atoms with Crippen LogP contribution in [0.4, 0.5) is 4.39 Å². The first-order valence-corrected chi connectivity index (χ1v) is 10.6. The number of ether oxygens (including phenoxy) is 1. The summed E-state index contributed by atoms with van der Waals surface area (Å²) in [5.74, 6) is -0.920. The Hall–Kier alpha value is -3.00. The van der Waals surface area contributed by atoms with Crippen LogP contribution in [-0.2, 0) is 22.5 Å². The highest BCUT2D eigenvalue weighted by atomic mass is 19.1. The largest absolute Gasteiger partial charge is 0.376 e. The zero-order valence-corrected chi connectivity index (χ0v) is 17.5. The first kappa shape index (κ1) is 21.2. The highest BCUT2D eigenvalue weighted by molar-refractivity contribution is 5.96. The zero-order valence-electron chi connectivity index (χ0n) is 17.5. The van der Waals surface area contributed by atoms with Crippen molar-refractivity contribution >= 4 is 11.8 Å². The van der Waals surface area contributed by atoms with Gasteiger partial charge in [0.15, 0.2) is 0 Å². The van der Waals surface area contributed by atoms with E-state index in [2.05, 4.69) is 5.32 Å². The van der Waals surface area contributed by atoms with Crippen LogP contribution in [0.25, 0.3) is 5.69 Å². The van der Waals surface area contributed by atoms with Crippen LogP contribution >= 0.6 is 0 Å². The molecule has 0 bridgehead atoms. The highest BCUT2D eigenvalue weighted by Gasteiger charge is 2.28. The second-order valence-corrected chi connectivity index (χ2v) is 8.05. The number of benzene rings is 1. The van der Waals surface area contributed by atoms with Gasteiger partial charge in [0.2, 0.25) is 5.91 Å². The standard InChI is InChI=1S/C23H26FN3O4/c1-15(28)26-10-9-20-16(13-26)14-27(18-7-5-17(24)6-8-18)23(30)21(20)22(29)25-12-19-4-2-3-11-31-19/h5-8,14,19H,2-4,9-13H2,1H3,(H,25,29). The molecule has 2 aliphatic heterocycles. The normalized spacial score (nSPS) is 18.4. The molecule has 2 amide bonds. The van der Waals surface area contributed by atoms with Crippen LogP contribution in [-0.4, -0.2) is 47.1 Å². The molecule has 1 unspecified atom stereocenters. The zero-order chi connectivity index (χ0) is 22.0. The third-order valence-corrected chi connectivity index (χ3v) is 5.94. The van der Waals surface area contributed by atoms with Crippen LogP contribution in [0.5, 0.6) is 0 Å². The molecule has 1 aromatic carbocycles. The van der Waals surface area contributed by atoms with E-state index < -0.39 is 17.3 Å². The van der Waals surface area contributed by atoms with Gasteiger partial charge in [-0.25, -0.2) is 4.39 Å². The average Bonchev–Trinajstić information content (AvgIpc) is 2.78. The van der Waals surface area contributed by atoms with E-state index in [1.165, 1.54) is 35.8 Å². The monoisotopic (exact) mass is 427 g/mol. The molecular formula is C23H26FN3O4. The van der Waals surface area contributed by atoms with E-state index in [0.29, 0.717) is 43.9 Å². The maximum absolute atomic E-state index is 13.4. The van der Waals surface area contributed by atoms with Gasteiger partial charge < -0.3 is 15.0 Å². The summed E-state index contributed by atoms with van der Waals surface area (Å²) in [7, 11) is 0. The van der Waals surface area contributed by atoms with Crippen molar-refractivity contribution in [1.82, 2.24) is 14.8 Å². The maximum Gasteiger partial charge on any atom is 0.268 e. The van der Waals surface area contributed by atoms with E-state index >= 15 is 0 Å². The van der Waals surface area contributed by atoms with Gasteiger partial charge in [-0.1, -0.05) is 0 Å².